The summed E-state index contributed by atoms with van der Waals surface area (Å²) < 4.78 is 0. The van der Waals surface area contributed by atoms with Crippen LogP contribution in [0.25, 0.3) is 0 Å². The quantitative estimate of drug-likeness (QED) is 0.739. The van der Waals surface area contributed by atoms with Crippen LogP contribution in [0.2, 0.25) is 0 Å². The zero-order chi connectivity index (χ0) is 12.4. The van der Waals surface area contributed by atoms with Gasteiger partial charge < -0.3 is 4.90 Å². The molecule has 2 atom stereocenters. The first-order valence-corrected chi connectivity index (χ1v) is 6.88. The van der Waals surface area contributed by atoms with E-state index in [1.165, 1.54) is 12.8 Å². The Morgan fingerprint density at radius 2 is 1.82 bits per heavy atom. The van der Waals surface area contributed by atoms with Crippen LogP contribution in [0.3, 0.4) is 0 Å². The van der Waals surface area contributed by atoms with Gasteiger partial charge in [0.1, 0.15) is 5.78 Å². The van der Waals surface area contributed by atoms with Crippen molar-refractivity contribution in [3.63, 3.8) is 0 Å². The molecule has 2 unspecified atom stereocenters. The number of hydrogen-bond donors (Lipinski definition) is 0. The smallest absolute Gasteiger partial charge is 0.225 e. The molecule has 0 aromatic heterocycles. The molecule has 2 saturated carbocycles. The lowest BCUT2D eigenvalue weighted by Crippen LogP contribution is -2.43. The molecule has 0 heterocycles. The maximum absolute atomic E-state index is 12.4. The van der Waals surface area contributed by atoms with Crippen molar-refractivity contribution in [1.29, 1.82) is 0 Å². The molecule has 0 N–H and O–H groups in total. The Labute approximate surface area is 104 Å². The largest absolute Gasteiger partial charge is 0.343 e. The Balaban J connectivity index is 1.92. The van der Waals surface area contributed by atoms with Crippen LogP contribution in [0.4, 0.5) is 0 Å². The van der Waals surface area contributed by atoms with Crippen molar-refractivity contribution < 1.29 is 9.59 Å². The zero-order valence-electron chi connectivity index (χ0n) is 10.9. The summed E-state index contributed by atoms with van der Waals surface area (Å²) in [6.45, 7) is 2.19. The van der Waals surface area contributed by atoms with Gasteiger partial charge in [-0.1, -0.05) is 13.3 Å². The Morgan fingerprint density at radius 1 is 1.18 bits per heavy atom. The molecule has 3 nitrogen and oxygen atoms in total. The van der Waals surface area contributed by atoms with Gasteiger partial charge in [-0.3, -0.25) is 9.59 Å². The second kappa shape index (κ2) is 5.19. The molecule has 0 aromatic carbocycles. The van der Waals surface area contributed by atoms with Crippen molar-refractivity contribution in [3.8, 4) is 0 Å². The minimum Gasteiger partial charge on any atom is -0.343 e. The molecule has 2 fully saturated rings. The summed E-state index contributed by atoms with van der Waals surface area (Å²) in [4.78, 5) is 25.5. The average Bonchev–Trinajstić information content (AvgIpc) is 2.74. The van der Waals surface area contributed by atoms with E-state index in [0.717, 1.165) is 19.3 Å². The molecule has 2 rings (SSSR count). The summed E-state index contributed by atoms with van der Waals surface area (Å²) >= 11 is 0. The highest BCUT2D eigenvalue weighted by Crippen LogP contribution is 2.33. The predicted molar refractivity (Wildman–Crippen MR) is 66.5 cm³/mol. The molecular weight excluding hydrogens is 214 g/mol. The zero-order valence-corrected chi connectivity index (χ0v) is 10.9. The molecule has 0 aromatic rings. The SMILES string of the molecule is CC1CCCC1C(=O)N(C)C1CCC(=O)CC1. The number of Topliss-reactive ketones (excluding diaryl/α,β-unsaturated/α-hetero) is 1. The summed E-state index contributed by atoms with van der Waals surface area (Å²) in [5.74, 6) is 1.44. The Morgan fingerprint density at radius 3 is 2.35 bits per heavy atom. The monoisotopic (exact) mass is 237 g/mol. The number of ketones is 1. The first kappa shape index (κ1) is 12.6. The summed E-state index contributed by atoms with van der Waals surface area (Å²) in [6.07, 6.45) is 6.47. The average molecular weight is 237 g/mol. The summed E-state index contributed by atoms with van der Waals surface area (Å²) in [6, 6.07) is 0.299. The number of hydrogen-bond acceptors (Lipinski definition) is 2. The lowest BCUT2D eigenvalue weighted by molar-refractivity contribution is -0.139. The fourth-order valence-corrected chi connectivity index (χ4v) is 3.27. The van der Waals surface area contributed by atoms with Gasteiger partial charge in [0.05, 0.1) is 0 Å². The van der Waals surface area contributed by atoms with Crippen LogP contribution in [0.15, 0.2) is 0 Å². The number of nitrogens with zero attached hydrogens (tertiary/aromatic N) is 1. The highest BCUT2D eigenvalue weighted by atomic mass is 16.2. The van der Waals surface area contributed by atoms with Gasteiger partial charge in [0, 0.05) is 31.8 Å². The van der Waals surface area contributed by atoms with Crippen molar-refractivity contribution in [2.45, 2.75) is 57.9 Å². The van der Waals surface area contributed by atoms with Crippen molar-refractivity contribution in [2.24, 2.45) is 11.8 Å². The normalized spacial score (nSPS) is 30.6. The van der Waals surface area contributed by atoms with Gasteiger partial charge in [-0.05, 0) is 31.6 Å². The topological polar surface area (TPSA) is 37.4 Å². The summed E-state index contributed by atoms with van der Waals surface area (Å²) in [7, 11) is 1.92. The van der Waals surface area contributed by atoms with E-state index in [-0.39, 0.29) is 5.92 Å². The van der Waals surface area contributed by atoms with Gasteiger partial charge in [-0.2, -0.15) is 0 Å². The van der Waals surface area contributed by atoms with E-state index in [1.807, 2.05) is 11.9 Å². The molecule has 0 aliphatic heterocycles. The highest BCUT2D eigenvalue weighted by Gasteiger charge is 2.34. The van der Waals surface area contributed by atoms with Crippen molar-refractivity contribution in [3.05, 3.63) is 0 Å². The van der Waals surface area contributed by atoms with Crippen molar-refractivity contribution in [2.75, 3.05) is 7.05 Å². The predicted octanol–water partition coefficient (Wildman–Crippen LogP) is 2.39. The van der Waals surface area contributed by atoms with Crippen LogP contribution in [0, 0.1) is 11.8 Å². The van der Waals surface area contributed by atoms with Gasteiger partial charge in [-0.15, -0.1) is 0 Å². The number of amides is 1. The molecule has 1 amide bonds. The first-order chi connectivity index (χ1) is 8.09. The Kier molecular flexibility index (Phi) is 3.85. The molecule has 0 bridgehead atoms. The van der Waals surface area contributed by atoms with Crippen LogP contribution in [0.5, 0.6) is 0 Å². The number of carbonyl (C=O) groups is 2. The van der Waals surface area contributed by atoms with Crippen molar-refractivity contribution in [1.82, 2.24) is 4.90 Å². The van der Waals surface area contributed by atoms with Crippen LogP contribution in [-0.4, -0.2) is 29.7 Å². The summed E-state index contributed by atoms with van der Waals surface area (Å²) in [5, 5.41) is 0. The van der Waals surface area contributed by atoms with Crippen molar-refractivity contribution >= 4 is 11.7 Å². The Hall–Kier alpha value is -0.860. The third-order valence-electron chi connectivity index (χ3n) is 4.59. The molecule has 0 spiro atoms. The van der Waals surface area contributed by atoms with E-state index in [9.17, 15) is 9.59 Å². The lowest BCUT2D eigenvalue weighted by atomic mass is 9.91. The van der Waals surface area contributed by atoms with Gasteiger partial charge in [0.15, 0.2) is 0 Å². The van der Waals surface area contributed by atoms with E-state index in [0.29, 0.717) is 36.5 Å². The number of carbonyl (C=O) groups excluding carboxylic acids is 2. The van der Waals surface area contributed by atoms with Gasteiger partial charge in [-0.25, -0.2) is 0 Å². The fourth-order valence-electron chi connectivity index (χ4n) is 3.27. The maximum atomic E-state index is 12.4. The summed E-state index contributed by atoms with van der Waals surface area (Å²) in [5.41, 5.74) is 0. The molecular formula is C14H23NO2. The van der Waals surface area contributed by atoms with Gasteiger partial charge >= 0.3 is 0 Å². The lowest BCUT2D eigenvalue weighted by Gasteiger charge is -2.33. The minimum absolute atomic E-state index is 0.234. The van der Waals surface area contributed by atoms with E-state index in [1.54, 1.807) is 0 Å². The third kappa shape index (κ3) is 2.70. The Bertz CT molecular complexity index is 303. The third-order valence-corrected chi connectivity index (χ3v) is 4.59. The first-order valence-electron chi connectivity index (χ1n) is 6.88. The van der Waals surface area contributed by atoms with E-state index < -0.39 is 0 Å². The second-order valence-electron chi connectivity index (χ2n) is 5.73. The van der Waals surface area contributed by atoms with Crippen LogP contribution >= 0.6 is 0 Å². The molecule has 2 aliphatic carbocycles. The standard InChI is InChI=1S/C14H23NO2/c1-10-4-3-5-13(10)14(17)15(2)11-6-8-12(16)9-7-11/h10-11,13H,3-9H2,1-2H3. The highest BCUT2D eigenvalue weighted by molar-refractivity contribution is 5.81. The van der Waals surface area contributed by atoms with E-state index >= 15 is 0 Å². The second-order valence-corrected chi connectivity index (χ2v) is 5.73. The van der Waals surface area contributed by atoms with Crippen LogP contribution in [-0.2, 0) is 9.59 Å². The number of rotatable bonds is 2. The molecule has 2 aliphatic rings. The van der Waals surface area contributed by atoms with E-state index in [4.69, 9.17) is 0 Å². The molecule has 0 radical (unpaired) electrons. The van der Waals surface area contributed by atoms with Crippen LogP contribution < -0.4 is 0 Å². The van der Waals surface area contributed by atoms with E-state index in [2.05, 4.69) is 6.92 Å². The minimum atomic E-state index is 0.234. The maximum Gasteiger partial charge on any atom is 0.225 e. The molecule has 0 saturated heterocycles. The molecule has 3 heteroatoms. The molecule has 96 valence electrons. The van der Waals surface area contributed by atoms with Crippen LogP contribution in [0.1, 0.15) is 51.9 Å². The fraction of sp³-hybridized carbons (Fsp3) is 0.857. The van der Waals surface area contributed by atoms with Gasteiger partial charge in [0.2, 0.25) is 5.91 Å². The molecule has 17 heavy (non-hydrogen) atoms. The van der Waals surface area contributed by atoms with Gasteiger partial charge in [0.25, 0.3) is 0 Å².